The second-order valence-corrected chi connectivity index (χ2v) is 4.09. The summed E-state index contributed by atoms with van der Waals surface area (Å²) in [5.74, 6) is 0.353. The molecule has 2 aromatic rings. The van der Waals surface area contributed by atoms with Crippen LogP contribution in [0.2, 0.25) is 0 Å². The van der Waals surface area contributed by atoms with Crippen molar-refractivity contribution in [3.05, 3.63) is 59.2 Å². The highest BCUT2D eigenvalue weighted by molar-refractivity contribution is 5.43. The zero-order valence-electron chi connectivity index (χ0n) is 10.7. The number of benzene rings is 2. The van der Waals surface area contributed by atoms with Gasteiger partial charge in [0.05, 0.1) is 14.2 Å². The number of rotatable bonds is 4. The molecule has 4 heteroatoms. The second kappa shape index (κ2) is 5.69. The highest BCUT2D eigenvalue weighted by Gasteiger charge is 2.10. The van der Waals surface area contributed by atoms with Crippen LogP contribution in [0.25, 0.3) is 0 Å². The molecule has 0 bridgehead atoms. The van der Waals surface area contributed by atoms with Crippen molar-refractivity contribution in [2.75, 3.05) is 14.2 Å². The molecule has 0 fully saturated rings. The Bertz CT molecular complexity index is 582. The Balaban J connectivity index is 2.35. The lowest BCUT2D eigenvalue weighted by atomic mass is 10.0. The van der Waals surface area contributed by atoms with E-state index in [1.165, 1.54) is 13.2 Å². The van der Waals surface area contributed by atoms with Crippen molar-refractivity contribution < 1.29 is 18.3 Å². The Morgan fingerprint density at radius 3 is 2.37 bits per heavy atom. The van der Waals surface area contributed by atoms with Gasteiger partial charge >= 0.3 is 0 Å². The van der Waals surface area contributed by atoms with Crippen LogP contribution in [0.5, 0.6) is 11.5 Å². The van der Waals surface area contributed by atoms with Gasteiger partial charge in [-0.2, -0.15) is 0 Å². The summed E-state index contributed by atoms with van der Waals surface area (Å²) >= 11 is 0. The maximum absolute atomic E-state index is 13.6. The topological polar surface area (TPSA) is 18.5 Å². The minimum atomic E-state index is -0.455. The van der Waals surface area contributed by atoms with Crippen LogP contribution in [0.4, 0.5) is 8.78 Å². The standard InChI is InChI=1S/C15H14F2O2/c1-18-13-5-3-10(15(9-13)19-2)7-11-8-12(16)4-6-14(11)17/h3-6,8-9H,7H2,1-2H3. The quantitative estimate of drug-likeness (QED) is 0.840. The van der Waals surface area contributed by atoms with E-state index in [-0.39, 0.29) is 6.42 Å². The largest absolute Gasteiger partial charge is 0.497 e. The summed E-state index contributed by atoms with van der Waals surface area (Å²) in [6, 6.07) is 8.67. The number of halogens is 2. The number of hydrogen-bond donors (Lipinski definition) is 0. The third kappa shape index (κ3) is 3.02. The van der Waals surface area contributed by atoms with Crippen molar-refractivity contribution in [3.63, 3.8) is 0 Å². The Hall–Kier alpha value is -2.10. The molecule has 100 valence electrons. The van der Waals surface area contributed by atoms with E-state index in [1.54, 1.807) is 25.3 Å². The number of methoxy groups -OCH3 is 2. The molecule has 0 heterocycles. The zero-order valence-corrected chi connectivity index (χ0v) is 10.7. The molecular weight excluding hydrogens is 250 g/mol. The fourth-order valence-corrected chi connectivity index (χ4v) is 1.88. The Labute approximate surface area is 110 Å². The fraction of sp³-hybridized carbons (Fsp3) is 0.200. The van der Waals surface area contributed by atoms with Gasteiger partial charge in [-0.1, -0.05) is 6.07 Å². The average molecular weight is 264 g/mol. The van der Waals surface area contributed by atoms with E-state index in [0.29, 0.717) is 17.1 Å². The highest BCUT2D eigenvalue weighted by atomic mass is 19.1. The Morgan fingerprint density at radius 2 is 1.68 bits per heavy atom. The summed E-state index contributed by atoms with van der Waals surface area (Å²) < 4.78 is 37.1. The second-order valence-electron chi connectivity index (χ2n) is 4.09. The lowest BCUT2D eigenvalue weighted by molar-refractivity contribution is 0.391. The predicted octanol–water partition coefficient (Wildman–Crippen LogP) is 3.57. The van der Waals surface area contributed by atoms with Crippen molar-refractivity contribution >= 4 is 0 Å². The van der Waals surface area contributed by atoms with Gasteiger partial charge in [0, 0.05) is 12.5 Å². The molecule has 0 aliphatic heterocycles. The number of hydrogen-bond acceptors (Lipinski definition) is 2. The van der Waals surface area contributed by atoms with Crippen LogP contribution in [-0.4, -0.2) is 14.2 Å². The SMILES string of the molecule is COc1ccc(Cc2cc(F)ccc2F)c(OC)c1. The van der Waals surface area contributed by atoms with Gasteiger partial charge in [0.2, 0.25) is 0 Å². The molecule has 0 N–H and O–H groups in total. The van der Waals surface area contributed by atoms with Gasteiger partial charge in [0.15, 0.2) is 0 Å². The van der Waals surface area contributed by atoms with Gasteiger partial charge in [0.1, 0.15) is 23.1 Å². The van der Waals surface area contributed by atoms with Crippen molar-refractivity contribution in [1.82, 2.24) is 0 Å². The van der Waals surface area contributed by atoms with Gasteiger partial charge in [-0.3, -0.25) is 0 Å². The van der Waals surface area contributed by atoms with Crippen molar-refractivity contribution in [1.29, 1.82) is 0 Å². The molecule has 0 amide bonds. The number of ether oxygens (including phenoxy) is 2. The highest BCUT2D eigenvalue weighted by Crippen LogP contribution is 2.27. The smallest absolute Gasteiger partial charge is 0.126 e. The van der Waals surface area contributed by atoms with Crippen LogP contribution in [-0.2, 0) is 6.42 Å². The molecule has 0 aromatic heterocycles. The van der Waals surface area contributed by atoms with Gasteiger partial charge < -0.3 is 9.47 Å². The molecule has 2 aromatic carbocycles. The molecule has 0 spiro atoms. The third-order valence-corrected chi connectivity index (χ3v) is 2.88. The van der Waals surface area contributed by atoms with Crippen molar-refractivity contribution in [2.24, 2.45) is 0 Å². The summed E-state index contributed by atoms with van der Waals surface area (Å²) in [6.45, 7) is 0. The normalized spacial score (nSPS) is 10.3. The molecule has 2 rings (SSSR count). The molecule has 0 aliphatic carbocycles. The third-order valence-electron chi connectivity index (χ3n) is 2.88. The molecular formula is C15H14F2O2. The van der Waals surface area contributed by atoms with Crippen LogP contribution in [0.3, 0.4) is 0 Å². The van der Waals surface area contributed by atoms with Gasteiger partial charge in [-0.25, -0.2) is 8.78 Å². The molecule has 0 atom stereocenters. The minimum absolute atomic E-state index is 0.261. The van der Waals surface area contributed by atoms with Crippen molar-refractivity contribution in [2.45, 2.75) is 6.42 Å². The van der Waals surface area contributed by atoms with E-state index in [4.69, 9.17) is 9.47 Å². The van der Waals surface area contributed by atoms with E-state index in [2.05, 4.69) is 0 Å². The lowest BCUT2D eigenvalue weighted by Crippen LogP contribution is -1.98. The van der Waals surface area contributed by atoms with Gasteiger partial charge in [-0.15, -0.1) is 0 Å². The summed E-state index contributed by atoms with van der Waals surface area (Å²) in [5, 5.41) is 0. The van der Waals surface area contributed by atoms with E-state index < -0.39 is 11.6 Å². The van der Waals surface area contributed by atoms with Gasteiger partial charge in [-0.05, 0) is 35.4 Å². The first-order valence-electron chi connectivity index (χ1n) is 5.79. The maximum Gasteiger partial charge on any atom is 0.126 e. The molecule has 0 saturated heterocycles. The first-order chi connectivity index (χ1) is 9.13. The lowest BCUT2D eigenvalue weighted by Gasteiger charge is -2.11. The Kier molecular flexibility index (Phi) is 4.00. The van der Waals surface area contributed by atoms with E-state index in [0.717, 1.165) is 17.7 Å². The summed E-state index contributed by atoms with van der Waals surface area (Å²) in [5.41, 5.74) is 1.07. The fourth-order valence-electron chi connectivity index (χ4n) is 1.88. The monoisotopic (exact) mass is 264 g/mol. The predicted molar refractivity (Wildman–Crippen MR) is 68.7 cm³/mol. The summed E-state index contributed by atoms with van der Waals surface area (Å²) in [6.07, 6.45) is 0.261. The van der Waals surface area contributed by atoms with Crippen LogP contribution in [0.1, 0.15) is 11.1 Å². The minimum Gasteiger partial charge on any atom is -0.497 e. The summed E-state index contributed by atoms with van der Waals surface area (Å²) in [4.78, 5) is 0. The molecule has 0 unspecified atom stereocenters. The van der Waals surface area contributed by atoms with E-state index in [9.17, 15) is 8.78 Å². The average Bonchev–Trinajstić information content (AvgIpc) is 2.43. The molecule has 0 saturated carbocycles. The molecule has 19 heavy (non-hydrogen) atoms. The summed E-state index contributed by atoms with van der Waals surface area (Å²) in [7, 11) is 3.08. The van der Waals surface area contributed by atoms with Crippen LogP contribution in [0.15, 0.2) is 36.4 Å². The Morgan fingerprint density at radius 1 is 0.895 bits per heavy atom. The van der Waals surface area contributed by atoms with Crippen LogP contribution < -0.4 is 9.47 Å². The molecule has 0 radical (unpaired) electrons. The zero-order chi connectivity index (χ0) is 13.8. The maximum atomic E-state index is 13.6. The van der Waals surface area contributed by atoms with E-state index >= 15 is 0 Å². The first kappa shape index (κ1) is 13.3. The molecule has 2 nitrogen and oxygen atoms in total. The first-order valence-corrected chi connectivity index (χ1v) is 5.79. The van der Waals surface area contributed by atoms with Crippen molar-refractivity contribution in [3.8, 4) is 11.5 Å². The van der Waals surface area contributed by atoms with E-state index in [1.807, 2.05) is 0 Å². The van der Waals surface area contributed by atoms with Crippen LogP contribution in [0, 0.1) is 11.6 Å². The van der Waals surface area contributed by atoms with Gasteiger partial charge in [0.25, 0.3) is 0 Å². The van der Waals surface area contributed by atoms with Crippen LogP contribution >= 0.6 is 0 Å². The molecule has 0 aliphatic rings.